The monoisotopic (exact) mass is 233 g/mol. The molecule has 0 bridgehead atoms. The third-order valence-electron chi connectivity index (χ3n) is 2.37. The van der Waals surface area contributed by atoms with E-state index in [2.05, 4.69) is 20.5 Å². The van der Waals surface area contributed by atoms with Crippen LogP contribution < -0.4 is 0 Å². The summed E-state index contributed by atoms with van der Waals surface area (Å²) in [5.41, 5.74) is 1.66. The summed E-state index contributed by atoms with van der Waals surface area (Å²) in [6, 6.07) is 1.80. The highest BCUT2D eigenvalue weighted by atomic mass is 16.4. The Bertz CT molecular complexity index is 523. The molecule has 2 aromatic heterocycles. The molecule has 88 valence electrons. The van der Waals surface area contributed by atoms with Crippen LogP contribution >= 0.6 is 0 Å². The van der Waals surface area contributed by atoms with Crippen LogP contribution in [0.2, 0.25) is 0 Å². The lowest BCUT2D eigenvalue weighted by Gasteiger charge is -2.07. The van der Waals surface area contributed by atoms with Crippen molar-refractivity contribution in [2.24, 2.45) is 0 Å². The number of aromatic nitrogens is 5. The summed E-state index contributed by atoms with van der Waals surface area (Å²) in [4.78, 5) is 14.8. The lowest BCUT2D eigenvalue weighted by atomic mass is 10.1. The molecule has 0 aliphatic rings. The Morgan fingerprint density at radius 1 is 1.47 bits per heavy atom. The maximum atomic E-state index is 10.7. The van der Waals surface area contributed by atoms with Gasteiger partial charge in [0.2, 0.25) is 0 Å². The quantitative estimate of drug-likeness (QED) is 0.813. The van der Waals surface area contributed by atoms with Gasteiger partial charge in [0.1, 0.15) is 6.33 Å². The Balaban J connectivity index is 2.37. The summed E-state index contributed by atoms with van der Waals surface area (Å²) in [6.45, 7) is 1.96. The summed E-state index contributed by atoms with van der Waals surface area (Å²) in [7, 11) is 0. The van der Waals surface area contributed by atoms with Gasteiger partial charge in [-0.05, 0) is 34.0 Å². The Kier molecular flexibility index (Phi) is 3.08. The van der Waals surface area contributed by atoms with Gasteiger partial charge in [-0.1, -0.05) is 6.92 Å². The molecule has 7 heteroatoms. The van der Waals surface area contributed by atoms with Gasteiger partial charge in [0, 0.05) is 6.20 Å². The van der Waals surface area contributed by atoms with E-state index in [0.29, 0.717) is 5.82 Å². The van der Waals surface area contributed by atoms with Crippen molar-refractivity contribution in [3.05, 3.63) is 29.7 Å². The van der Waals surface area contributed by atoms with Gasteiger partial charge in [0.15, 0.2) is 5.82 Å². The second-order valence-corrected chi connectivity index (χ2v) is 3.49. The summed E-state index contributed by atoms with van der Waals surface area (Å²) >= 11 is 0. The highest BCUT2D eigenvalue weighted by Gasteiger charge is 2.09. The molecule has 0 saturated heterocycles. The fourth-order valence-electron chi connectivity index (χ4n) is 1.56. The van der Waals surface area contributed by atoms with Gasteiger partial charge >= 0.3 is 5.97 Å². The summed E-state index contributed by atoms with van der Waals surface area (Å²) in [5, 5.41) is 19.6. The van der Waals surface area contributed by atoms with Crippen molar-refractivity contribution in [2.45, 2.75) is 19.8 Å². The molecule has 1 N–H and O–H groups in total. The predicted octanol–water partition coefficient (Wildman–Crippen LogP) is 0.247. The van der Waals surface area contributed by atoms with Gasteiger partial charge in [-0.25, -0.2) is 4.98 Å². The van der Waals surface area contributed by atoms with Crippen molar-refractivity contribution in [3.63, 3.8) is 0 Å². The highest BCUT2D eigenvalue weighted by molar-refractivity contribution is 5.70. The SMILES string of the molecule is CCc1cc(-n2cnnn2)ncc1CC(=O)O. The zero-order chi connectivity index (χ0) is 12.3. The molecule has 2 heterocycles. The summed E-state index contributed by atoms with van der Waals surface area (Å²) < 4.78 is 1.43. The van der Waals surface area contributed by atoms with E-state index in [1.54, 1.807) is 12.3 Å². The van der Waals surface area contributed by atoms with Crippen LogP contribution in [0.4, 0.5) is 0 Å². The molecule has 0 atom stereocenters. The number of hydrogen-bond donors (Lipinski definition) is 1. The largest absolute Gasteiger partial charge is 0.481 e. The predicted molar refractivity (Wildman–Crippen MR) is 57.7 cm³/mol. The normalized spacial score (nSPS) is 10.4. The molecule has 17 heavy (non-hydrogen) atoms. The van der Waals surface area contributed by atoms with Crippen LogP contribution in [-0.2, 0) is 17.6 Å². The molecule has 2 rings (SSSR count). The molecule has 0 aliphatic carbocycles. The van der Waals surface area contributed by atoms with Gasteiger partial charge < -0.3 is 5.11 Å². The minimum Gasteiger partial charge on any atom is -0.481 e. The topological polar surface area (TPSA) is 93.8 Å². The van der Waals surface area contributed by atoms with Crippen LogP contribution in [0.5, 0.6) is 0 Å². The first-order valence-corrected chi connectivity index (χ1v) is 5.13. The molecular formula is C10H11N5O2. The van der Waals surface area contributed by atoms with E-state index in [1.807, 2.05) is 6.92 Å². The van der Waals surface area contributed by atoms with Gasteiger partial charge in [0.05, 0.1) is 6.42 Å². The van der Waals surface area contributed by atoms with E-state index in [-0.39, 0.29) is 6.42 Å². The lowest BCUT2D eigenvalue weighted by Crippen LogP contribution is -2.07. The first-order valence-electron chi connectivity index (χ1n) is 5.13. The van der Waals surface area contributed by atoms with Crippen LogP contribution in [0.1, 0.15) is 18.1 Å². The van der Waals surface area contributed by atoms with E-state index in [4.69, 9.17) is 5.11 Å². The standard InChI is InChI=1S/C10H11N5O2/c1-2-7-3-9(15-6-12-13-14-15)11-5-8(7)4-10(16)17/h3,5-6H,2,4H2,1H3,(H,16,17). The molecule has 0 amide bonds. The first-order chi connectivity index (χ1) is 8.20. The molecule has 2 aromatic rings. The number of hydrogen-bond acceptors (Lipinski definition) is 5. The van der Waals surface area contributed by atoms with Crippen LogP contribution in [0.3, 0.4) is 0 Å². The number of nitrogens with zero attached hydrogens (tertiary/aromatic N) is 5. The Morgan fingerprint density at radius 2 is 2.29 bits per heavy atom. The summed E-state index contributed by atoms with van der Waals surface area (Å²) in [6.07, 6.45) is 3.72. The molecule has 0 radical (unpaired) electrons. The fourth-order valence-corrected chi connectivity index (χ4v) is 1.56. The minimum atomic E-state index is -0.864. The average Bonchev–Trinajstić information content (AvgIpc) is 2.82. The Hall–Kier alpha value is -2.31. The zero-order valence-electron chi connectivity index (χ0n) is 9.24. The number of carboxylic acid groups (broad SMARTS) is 1. The maximum absolute atomic E-state index is 10.7. The second kappa shape index (κ2) is 4.69. The third kappa shape index (κ3) is 2.44. The molecule has 0 fully saturated rings. The van der Waals surface area contributed by atoms with E-state index in [0.717, 1.165) is 17.5 Å². The van der Waals surface area contributed by atoms with E-state index in [9.17, 15) is 4.79 Å². The van der Waals surface area contributed by atoms with E-state index >= 15 is 0 Å². The van der Waals surface area contributed by atoms with Gasteiger partial charge in [0.25, 0.3) is 0 Å². The van der Waals surface area contributed by atoms with E-state index in [1.165, 1.54) is 11.0 Å². The number of tetrazole rings is 1. The van der Waals surface area contributed by atoms with Gasteiger partial charge in [-0.15, -0.1) is 5.10 Å². The highest BCUT2D eigenvalue weighted by Crippen LogP contribution is 2.13. The van der Waals surface area contributed by atoms with Crippen LogP contribution in [0.15, 0.2) is 18.6 Å². The Morgan fingerprint density at radius 3 is 2.88 bits per heavy atom. The number of carboxylic acids is 1. The summed E-state index contributed by atoms with van der Waals surface area (Å²) in [5.74, 6) is -0.280. The van der Waals surface area contributed by atoms with Crippen molar-refractivity contribution in [1.82, 2.24) is 25.2 Å². The van der Waals surface area contributed by atoms with Crippen LogP contribution in [0, 0.1) is 0 Å². The first kappa shape index (κ1) is 11.2. The molecule has 0 saturated carbocycles. The van der Waals surface area contributed by atoms with Crippen molar-refractivity contribution in [1.29, 1.82) is 0 Å². The molecule has 0 aromatic carbocycles. The van der Waals surface area contributed by atoms with Crippen molar-refractivity contribution < 1.29 is 9.90 Å². The van der Waals surface area contributed by atoms with Crippen LogP contribution in [-0.4, -0.2) is 36.3 Å². The number of rotatable bonds is 4. The van der Waals surface area contributed by atoms with Crippen molar-refractivity contribution in [3.8, 4) is 5.82 Å². The second-order valence-electron chi connectivity index (χ2n) is 3.49. The zero-order valence-corrected chi connectivity index (χ0v) is 9.24. The van der Waals surface area contributed by atoms with Crippen LogP contribution in [0.25, 0.3) is 5.82 Å². The smallest absolute Gasteiger partial charge is 0.307 e. The fraction of sp³-hybridized carbons (Fsp3) is 0.300. The number of carbonyl (C=O) groups is 1. The molecular weight excluding hydrogens is 222 g/mol. The maximum Gasteiger partial charge on any atom is 0.307 e. The third-order valence-corrected chi connectivity index (χ3v) is 2.37. The van der Waals surface area contributed by atoms with E-state index < -0.39 is 5.97 Å². The van der Waals surface area contributed by atoms with Gasteiger partial charge in [-0.2, -0.15) is 4.68 Å². The number of aliphatic carboxylic acids is 1. The molecule has 0 unspecified atom stereocenters. The van der Waals surface area contributed by atoms with Crippen molar-refractivity contribution in [2.75, 3.05) is 0 Å². The number of pyridine rings is 1. The number of aryl methyl sites for hydroxylation is 1. The van der Waals surface area contributed by atoms with Gasteiger partial charge in [-0.3, -0.25) is 4.79 Å². The molecule has 0 spiro atoms. The molecule has 7 nitrogen and oxygen atoms in total. The average molecular weight is 233 g/mol. The minimum absolute atomic E-state index is 0.0218. The van der Waals surface area contributed by atoms with Crippen molar-refractivity contribution >= 4 is 5.97 Å². The lowest BCUT2D eigenvalue weighted by molar-refractivity contribution is -0.136. The Labute approximate surface area is 97.1 Å². The molecule has 0 aliphatic heterocycles.